The van der Waals surface area contributed by atoms with Crippen LogP contribution >= 0.6 is 12.4 Å². The van der Waals surface area contributed by atoms with Crippen molar-refractivity contribution in [3.8, 4) is 0 Å². The maximum atomic E-state index is 12.0. The zero-order valence-electron chi connectivity index (χ0n) is 10.5. The lowest BCUT2D eigenvalue weighted by molar-refractivity contribution is 0.494. The summed E-state index contributed by atoms with van der Waals surface area (Å²) < 4.78 is 31.7. The first-order valence-corrected chi connectivity index (χ1v) is 7.21. The van der Waals surface area contributed by atoms with E-state index in [-0.39, 0.29) is 29.9 Å². The molecule has 0 spiro atoms. The van der Waals surface area contributed by atoms with Gasteiger partial charge in [0.25, 0.3) is 0 Å². The van der Waals surface area contributed by atoms with Gasteiger partial charge in [-0.05, 0) is 38.7 Å². The van der Waals surface area contributed by atoms with E-state index in [1.165, 1.54) is 6.07 Å². The highest BCUT2D eigenvalue weighted by Gasteiger charge is 2.30. The third-order valence-corrected chi connectivity index (χ3v) is 4.55. The second-order valence-corrected chi connectivity index (χ2v) is 6.37. The molecule has 104 valence electrons. The molecular formula is C11H19ClN2O3S. The minimum atomic E-state index is -3.49. The van der Waals surface area contributed by atoms with Crippen molar-refractivity contribution in [3.05, 3.63) is 17.6 Å². The van der Waals surface area contributed by atoms with Crippen LogP contribution in [-0.2, 0) is 10.0 Å². The first-order valence-electron chi connectivity index (χ1n) is 5.72. The van der Waals surface area contributed by atoms with E-state index in [0.717, 1.165) is 12.8 Å². The third kappa shape index (κ3) is 3.47. The zero-order valence-corrected chi connectivity index (χ0v) is 12.1. The molecule has 1 heterocycles. The average molecular weight is 295 g/mol. The van der Waals surface area contributed by atoms with Crippen LogP contribution in [0.1, 0.15) is 24.4 Å². The van der Waals surface area contributed by atoms with Gasteiger partial charge in [0, 0.05) is 12.6 Å². The smallest absolute Gasteiger partial charge is 0.244 e. The number of hydrogen-bond donors (Lipinski definition) is 2. The molecule has 2 rings (SSSR count). The van der Waals surface area contributed by atoms with Crippen molar-refractivity contribution >= 4 is 22.4 Å². The van der Waals surface area contributed by atoms with Crippen molar-refractivity contribution in [1.29, 1.82) is 0 Å². The topological polar surface area (TPSA) is 85.3 Å². The lowest BCUT2D eigenvalue weighted by Gasteiger charge is -2.11. The van der Waals surface area contributed by atoms with E-state index in [0.29, 0.717) is 17.4 Å². The summed E-state index contributed by atoms with van der Waals surface area (Å²) in [7, 11) is -3.49. The highest BCUT2D eigenvalue weighted by Crippen LogP contribution is 2.31. The molecule has 1 aromatic rings. The van der Waals surface area contributed by atoms with Crippen molar-refractivity contribution in [1.82, 2.24) is 4.72 Å². The van der Waals surface area contributed by atoms with Crippen LogP contribution in [0.3, 0.4) is 0 Å². The molecule has 1 unspecified atom stereocenters. The Bertz CT molecular complexity index is 508. The maximum absolute atomic E-state index is 12.0. The number of nitrogens with one attached hydrogen (secondary N) is 1. The number of aryl methyl sites for hydroxylation is 2. The van der Waals surface area contributed by atoms with Crippen LogP contribution in [0.5, 0.6) is 0 Å². The summed E-state index contributed by atoms with van der Waals surface area (Å²) in [6.07, 6.45) is 2.21. The summed E-state index contributed by atoms with van der Waals surface area (Å²) in [5, 5.41) is 0. The van der Waals surface area contributed by atoms with E-state index < -0.39 is 10.0 Å². The van der Waals surface area contributed by atoms with Gasteiger partial charge in [0.1, 0.15) is 16.4 Å². The van der Waals surface area contributed by atoms with Gasteiger partial charge in [-0.1, -0.05) is 0 Å². The van der Waals surface area contributed by atoms with Crippen LogP contribution in [0.4, 0.5) is 0 Å². The minimum Gasteiger partial charge on any atom is -0.465 e. The summed E-state index contributed by atoms with van der Waals surface area (Å²) in [5.74, 6) is 1.48. The molecule has 0 saturated heterocycles. The van der Waals surface area contributed by atoms with Crippen molar-refractivity contribution in [2.45, 2.75) is 37.6 Å². The van der Waals surface area contributed by atoms with E-state index in [1.807, 2.05) is 0 Å². The molecule has 18 heavy (non-hydrogen) atoms. The van der Waals surface area contributed by atoms with Crippen LogP contribution in [0, 0.1) is 19.8 Å². The van der Waals surface area contributed by atoms with Crippen LogP contribution in [-0.4, -0.2) is 21.0 Å². The lowest BCUT2D eigenvalue weighted by Crippen LogP contribution is -2.38. The predicted molar refractivity (Wildman–Crippen MR) is 71.3 cm³/mol. The van der Waals surface area contributed by atoms with E-state index >= 15 is 0 Å². The molecule has 5 nitrogen and oxygen atoms in total. The molecule has 1 atom stereocenters. The molecule has 0 bridgehead atoms. The highest BCUT2D eigenvalue weighted by atomic mass is 35.5. The molecule has 7 heteroatoms. The van der Waals surface area contributed by atoms with E-state index in [2.05, 4.69) is 4.72 Å². The Kier molecular flexibility index (Phi) is 4.83. The predicted octanol–water partition coefficient (Wildman–Crippen LogP) is 1.33. The second kappa shape index (κ2) is 5.61. The fraction of sp³-hybridized carbons (Fsp3) is 0.636. The molecule has 0 aromatic carbocycles. The van der Waals surface area contributed by atoms with Crippen LogP contribution in [0.15, 0.2) is 15.4 Å². The fourth-order valence-electron chi connectivity index (χ4n) is 1.85. The van der Waals surface area contributed by atoms with Gasteiger partial charge in [-0.3, -0.25) is 0 Å². The Morgan fingerprint density at radius 3 is 2.56 bits per heavy atom. The lowest BCUT2D eigenvalue weighted by atomic mass is 10.2. The van der Waals surface area contributed by atoms with Gasteiger partial charge < -0.3 is 10.2 Å². The Morgan fingerprint density at radius 2 is 2.11 bits per heavy atom. The van der Waals surface area contributed by atoms with Crippen LogP contribution in [0.2, 0.25) is 0 Å². The number of halogens is 1. The molecule has 0 aliphatic heterocycles. The third-order valence-electron chi connectivity index (χ3n) is 3.02. The normalized spacial score (nSPS) is 17.3. The average Bonchev–Trinajstić information content (AvgIpc) is 3.01. The van der Waals surface area contributed by atoms with Gasteiger partial charge in [0.15, 0.2) is 0 Å². The number of sulfonamides is 1. The highest BCUT2D eigenvalue weighted by molar-refractivity contribution is 7.89. The summed E-state index contributed by atoms with van der Waals surface area (Å²) in [4.78, 5) is 0.206. The molecule has 1 aliphatic rings. The van der Waals surface area contributed by atoms with Crippen LogP contribution < -0.4 is 10.5 Å². The van der Waals surface area contributed by atoms with Gasteiger partial charge in [-0.15, -0.1) is 12.4 Å². The number of nitrogens with two attached hydrogens (primary N) is 1. The Morgan fingerprint density at radius 1 is 1.50 bits per heavy atom. The van der Waals surface area contributed by atoms with Gasteiger partial charge in [-0.25, -0.2) is 13.1 Å². The van der Waals surface area contributed by atoms with Crippen LogP contribution in [0.25, 0.3) is 0 Å². The van der Waals surface area contributed by atoms with Crippen molar-refractivity contribution in [3.63, 3.8) is 0 Å². The molecular weight excluding hydrogens is 276 g/mol. The molecule has 0 amide bonds. The Balaban J connectivity index is 0.00000162. The summed E-state index contributed by atoms with van der Waals surface area (Å²) in [6.45, 7) is 3.65. The maximum Gasteiger partial charge on any atom is 0.244 e. The number of rotatable bonds is 5. The molecule has 0 radical (unpaired) electrons. The van der Waals surface area contributed by atoms with E-state index in [9.17, 15) is 8.42 Å². The molecule has 1 aromatic heterocycles. The first-order chi connectivity index (χ1) is 7.90. The van der Waals surface area contributed by atoms with Crippen molar-refractivity contribution in [2.75, 3.05) is 6.54 Å². The number of hydrogen-bond acceptors (Lipinski definition) is 4. The van der Waals surface area contributed by atoms with Crippen molar-refractivity contribution in [2.24, 2.45) is 11.7 Å². The van der Waals surface area contributed by atoms with Gasteiger partial charge >= 0.3 is 0 Å². The monoisotopic (exact) mass is 294 g/mol. The summed E-state index contributed by atoms with van der Waals surface area (Å²) in [5.41, 5.74) is 5.86. The van der Waals surface area contributed by atoms with Gasteiger partial charge in [0.05, 0.1) is 0 Å². The molecule has 3 N–H and O–H groups in total. The Hall–Kier alpha value is -0.560. The molecule has 1 aliphatic carbocycles. The summed E-state index contributed by atoms with van der Waals surface area (Å²) in [6, 6.07) is 1.44. The van der Waals surface area contributed by atoms with E-state index in [1.54, 1.807) is 13.8 Å². The zero-order chi connectivity index (χ0) is 12.6. The minimum absolute atomic E-state index is 0. The second-order valence-electron chi connectivity index (χ2n) is 4.63. The van der Waals surface area contributed by atoms with Gasteiger partial charge in [-0.2, -0.15) is 0 Å². The van der Waals surface area contributed by atoms with Crippen molar-refractivity contribution < 1.29 is 12.8 Å². The first kappa shape index (κ1) is 15.5. The molecule has 1 fully saturated rings. The number of furan rings is 1. The molecule has 1 saturated carbocycles. The largest absolute Gasteiger partial charge is 0.465 e. The SMILES string of the molecule is Cc1cc(S(=O)(=O)NCC(N)C2CC2)c(C)o1.Cl. The fourth-order valence-corrected chi connectivity index (χ4v) is 3.16. The van der Waals surface area contributed by atoms with Gasteiger partial charge in [0.2, 0.25) is 10.0 Å². The van der Waals surface area contributed by atoms with E-state index in [4.69, 9.17) is 10.2 Å². The quantitative estimate of drug-likeness (QED) is 0.858. The summed E-state index contributed by atoms with van der Waals surface area (Å²) >= 11 is 0. The Labute approximate surface area is 114 Å². The standard InChI is InChI=1S/C11H18N2O3S.ClH/c1-7-5-11(8(2)16-7)17(14,15)13-6-10(12)9-3-4-9;/h5,9-10,13H,3-4,6,12H2,1-2H3;1H.